The Morgan fingerprint density at radius 3 is 2.60 bits per heavy atom. The molecule has 1 aromatic carbocycles. The Labute approximate surface area is 105 Å². The SMILES string of the molecule is CC1(C)CSC(c2ccc(Cl)c(Cl)c2)N1. The summed E-state index contributed by atoms with van der Waals surface area (Å²) in [4.78, 5) is 0. The summed E-state index contributed by atoms with van der Waals surface area (Å²) in [5.74, 6) is 1.11. The minimum atomic E-state index is 0.196. The molecule has 0 aromatic heterocycles. The zero-order valence-electron chi connectivity index (χ0n) is 8.68. The third-order valence-electron chi connectivity index (χ3n) is 2.38. The monoisotopic (exact) mass is 261 g/mol. The highest BCUT2D eigenvalue weighted by Crippen LogP contribution is 2.38. The van der Waals surface area contributed by atoms with Crippen LogP contribution in [0.25, 0.3) is 0 Å². The van der Waals surface area contributed by atoms with Crippen LogP contribution in [0.4, 0.5) is 0 Å². The van der Waals surface area contributed by atoms with Crippen molar-refractivity contribution in [2.24, 2.45) is 0 Å². The predicted molar refractivity (Wildman–Crippen MR) is 68.9 cm³/mol. The van der Waals surface area contributed by atoms with Gasteiger partial charge in [0.05, 0.1) is 15.4 Å². The van der Waals surface area contributed by atoms with E-state index in [1.807, 2.05) is 30.0 Å². The molecule has 1 aliphatic rings. The lowest BCUT2D eigenvalue weighted by atomic mass is 10.1. The van der Waals surface area contributed by atoms with Crippen LogP contribution in [0.3, 0.4) is 0 Å². The summed E-state index contributed by atoms with van der Waals surface area (Å²) in [6.45, 7) is 4.41. The zero-order valence-corrected chi connectivity index (χ0v) is 11.0. The van der Waals surface area contributed by atoms with Crippen LogP contribution in [-0.2, 0) is 0 Å². The minimum absolute atomic E-state index is 0.196. The lowest BCUT2D eigenvalue weighted by Crippen LogP contribution is -2.35. The molecule has 0 radical (unpaired) electrons. The summed E-state index contributed by atoms with van der Waals surface area (Å²) < 4.78 is 0. The molecule has 1 unspecified atom stereocenters. The maximum Gasteiger partial charge on any atom is 0.0794 e. The molecule has 1 saturated heterocycles. The van der Waals surface area contributed by atoms with E-state index < -0.39 is 0 Å². The minimum Gasteiger partial charge on any atom is -0.296 e. The highest BCUT2D eigenvalue weighted by atomic mass is 35.5. The Morgan fingerprint density at radius 2 is 2.07 bits per heavy atom. The summed E-state index contributed by atoms with van der Waals surface area (Å²) in [5.41, 5.74) is 1.39. The maximum atomic E-state index is 5.99. The van der Waals surface area contributed by atoms with Gasteiger partial charge in [0.15, 0.2) is 0 Å². The molecule has 1 N–H and O–H groups in total. The molecule has 4 heteroatoms. The molecule has 2 rings (SSSR count). The lowest BCUT2D eigenvalue weighted by molar-refractivity contribution is 0.452. The third kappa shape index (κ3) is 2.62. The van der Waals surface area contributed by atoms with Crippen molar-refractivity contribution in [3.63, 3.8) is 0 Å². The van der Waals surface area contributed by atoms with Gasteiger partial charge in [-0.1, -0.05) is 29.3 Å². The van der Waals surface area contributed by atoms with Gasteiger partial charge >= 0.3 is 0 Å². The summed E-state index contributed by atoms with van der Waals surface area (Å²) in [6, 6.07) is 5.82. The predicted octanol–water partition coefficient (Wildman–Crippen LogP) is 4.11. The first-order chi connectivity index (χ1) is 6.98. The van der Waals surface area contributed by atoms with Crippen LogP contribution in [0, 0.1) is 0 Å². The average Bonchev–Trinajstić information content (AvgIpc) is 2.51. The maximum absolute atomic E-state index is 5.99. The normalized spacial score (nSPS) is 24.4. The van der Waals surface area contributed by atoms with E-state index in [-0.39, 0.29) is 5.54 Å². The summed E-state index contributed by atoms with van der Waals surface area (Å²) >= 11 is 13.8. The van der Waals surface area contributed by atoms with Gasteiger partial charge < -0.3 is 0 Å². The number of halogens is 2. The first-order valence-electron chi connectivity index (χ1n) is 4.82. The highest BCUT2D eigenvalue weighted by molar-refractivity contribution is 7.99. The molecule has 1 fully saturated rings. The fourth-order valence-electron chi connectivity index (χ4n) is 1.58. The quantitative estimate of drug-likeness (QED) is 0.817. The molecule has 0 amide bonds. The molecule has 82 valence electrons. The second kappa shape index (κ2) is 4.17. The van der Waals surface area contributed by atoms with Crippen molar-refractivity contribution >= 4 is 35.0 Å². The molecule has 1 nitrogen and oxygen atoms in total. The molecule has 1 heterocycles. The van der Waals surface area contributed by atoms with E-state index in [1.165, 1.54) is 5.56 Å². The van der Waals surface area contributed by atoms with Crippen LogP contribution < -0.4 is 5.32 Å². The molecular formula is C11H13Cl2NS. The Bertz CT molecular complexity index is 379. The fraction of sp³-hybridized carbons (Fsp3) is 0.455. The number of hydrogen-bond donors (Lipinski definition) is 1. The molecule has 1 aromatic rings. The van der Waals surface area contributed by atoms with Crippen molar-refractivity contribution in [1.82, 2.24) is 5.32 Å². The van der Waals surface area contributed by atoms with Crippen LogP contribution in [0.15, 0.2) is 18.2 Å². The van der Waals surface area contributed by atoms with E-state index in [0.717, 1.165) is 5.75 Å². The van der Waals surface area contributed by atoms with Gasteiger partial charge in [0.1, 0.15) is 0 Å². The fourth-order valence-corrected chi connectivity index (χ4v) is 3.30. The summed E-state index contributed by atoms with van der Waals surface area (Å²) in [7, 11) is 0. The first-order valence-corrected chi connectivity index (χ1v) is 6.63. The lowest BCUT2D eigenvalue weighted by Gasteiger charge is -2.19. The summed E-state index contributed by atoms with van der Waals surface area (Å²) in [5, 5.41) is 5.12. The summed E-state index contributed by atoms with van der Waals surface area (Å²) in [6.07, 6.45) is 0. The van der Waals surface area contributed by atoms with Crippen LogP contribution in [0.5, 0.6) is 0 Å². The van der Waals surface area contributed by atoms with E-state index in [4.69, 9.17) is 23.2 Å². The Balaban J connectivity index is 2.21. The van der Waals surface area contributed by atoms with E-state index in [2.05, 4.69) is 19.2 Å². The van der Waals surface area contributed by atoms with E-state index >= 15 is 0 Å². The zero-order chi connectivity index (χ0) is 11.1. The molecule has 1 atom stereocenters. The molecule has 0 spiro atoms. The van der Waals surface area contributed by atoms with Crippen molar-refractivity contribution in [2.75, 3.05) is 5.75 Å². The number of hydrogen-bond acceptors (Lipinski definition) is 2. The second-order valence-corrected chi connectivity index (χ2v) is 6.30. The first kappa shape index (κ1) is 11.6. The van der Waals surface area contributed by atoms with E-state index in [1.54, 1.807) is 0 Å². The van der Waals surface area contributed by atoms with Gasteiger partial charge in [-0.25, -0.2) is 0 Å². The van der Waals surface area contributed by atoms with Crippen molar-refractivity contribution in [1.29, 1.82) is 0 Å². The number of benzene rings is 1. The number of rotatable bonds is 1. The highest BCUT2D eigenvalue weighted by Gasteiger charge is 2.31. The number of thioether (sulfide) groups is 1. The van der Waals surface area contributed by atoms with Crippen molar-refractivity contribution < 1.29 is 0 Å². The van der Waals surface area contributed by atoms with Crippen LogP contribution in [-0.4, -0.2) is 11.3 Å². The van der Waals surface area contributed by atoms with Crippen molar-refractivity contribution in [2.45, 2.75) is 24.8 Å². The van der Waals surface area contributed by atoms with Gasteiger partial charge in [-0.3, -0.25) is 5.32 Å². The molecule has 0 bridgehead atoms. The van der Waals surface area contributed by atoms with Gasteiger partial charge in [0.2, 0.25) is 0 Å². The van der Waals surface area contributed by atoms with Gasteiger partial charge in [-0.2, -0.15) is 0 Å². The molecule has 15 heavy (non-hydrogen) atoms. The average molecular weight is 262 g/mol. The van der Waals surface area contributed by atoms with Gasteiger partial charge in [-0.15, -0.1) is 11.8 Å². The molecular weight excluding hydrogens is 249 g/mol. The van der Waals surface area contributed by atoms with E-state index in [9.17, 15) is 0 Å². The molecule has 1 aliphatic heterocycles. The molecule has 0 saturated carbocycles. The third-order valence-corrected chi connectivity index (χ3v) is 4.73. The van der Waals surface area contributed by atoms with E-state index in [0.29, 0.717) is 15.4 Å². The largest absolute Gasteiger partial charge is 0.296 e. The second-order valence-electron chi connectivity index (χ2n) is 4.39. The topological polar surface area (TPSA) is 12.0 Å². The van der Waals surface area contributed by atoms with Crippen molar-refractivity contribution in [3.8, 4) is 0 Å². The van der Waals surface area contributed by atoms with Gasteiger partial charge in [0, 0.05) is 11.3 Å². The standard InChI is InChI=1S/C11H13Cl2NS/c1-11(2)6-15-10(14-11)7-3-4-8(12)9(13)5-7/h3-5,10,14H,6H2,1-2H3. The van der Waals surface area contributed by atoms with Gasteiger partial charge in [0.25, 0.3) is 0 Å². The van der Waals surface area contributed by atoms with Crippen LogP contribution >= 0.6 is 35.0 Å². The van der Waals surface area contributed by atoms with Crippen LogP contribution in [0.1, 0.15) is 24.8 Å². The van der Waals surface area contributed by atoms with Crippen LogP contribution in [0.2, 0.25) is 10.0 Å². The van der Waals surface area contributed by atoms with Crippen molar-refractivity contribution in [3.05, 3.63) is 33.8 Å². The van der Waals surface area contributed by atoms with Gasteiger partial charge in [-0.05, 0) is 31.5 Å². The Hall–Kier alpha value is 0.110. The Morgan fingerprint density at radius 1 is 1.33 bits per heavy atom. The number of nitrogens with one attached hydrogen (secondary N) is 1. The Kier molecular flexibility index (Phi) is 3.22. The molecule has 0 aliphatic carbocycles. The smallest absolute Gasteiger partial charge is 0.0794 e.